The molecule has 4 aliphatic rings. The molecule has 2 bridgehead atoms. The van der Waals surface area contributed by atoms with Gasteiger partial charge in [0.05, 0.1) is 46.2 Å². The van der Waals surface area contributed by atoms with E-state index in [-0.39, 0.29) is 51.5 Å². The molecule has 2 saturated heterocycles. The molecule has 0 spiro atoms. The van der Waals surface area contributed by atoms with Crippen molar-refractivity contribution in [3.63, 3.8) is 0 Å². The Hall–Kier alpha value is -6.95. The lowest BCUT2D eigenvalue weighted by atomic mass is 9.83. The number of nitrogens with zero attached hydrogens (tertiary/aromatic N) is 9. The number of carbonyl (C=O) groups excluding carboxylic acids is 1. The number of aromatic amines is 1. The Morgan fingerprint density at radius 1 is 0.925 bits per heavy atom. The Balaban J connectivity index is 1.04. The van der Waals surface area contributed by atoms with Gasteiger partial charge < -0.3 is 14.2 Å². The van der Waals surface area contributed by atoms with Crippen LogP contribution in [0.15, 0.2) is 81.2 Å². The zero-order valence-corrected chi connectivity index (χ0v) is 37.7. The summed E-state index contributed by atoms with van der Waals surface area (Å²) in [6, 6.07) is 12.7. The number of aromatic nitrogens is 9. The van der Waals surface area contributed by atoms with Crippen LogP contribution >= 0.6 is 0 Å². The summed E-state index contributed by atoms with van der Waals surface area (Å²) in [5.74, 6) is -1.65. The summed E-state index contributed by atoms with van der Waals surface area (Å²) >= 11 is 0. The van der Waals surface area contributed by atoms with Crippen molar-refractivity contribution < 1.29 is 27.2 Å². The minimum atomic E-state index is -1.79. The van der Waals surface area contributed by atoms with Crippen molar-refractivity contribution in [3.8, 4) is 17.2 Å². The predicted molar refractivity (Wildman–Crippen MR) is 240 cm³/mol. The van der Waals surface area contributed by atoms with E-state index in [1.807, 2.05) is 23.6 Å². The normalized spacial score (nSPS) is 24.3. The zero-order valence-electron chi connectivity index (χ0n) is 37.7. The van der Waals surface area contributed by atoms with E-state index in [1.54, 1.807) is 44.0 Å². The lowest BCUT2D eigenvalue weighted by Gasteiger charge is -2.37. The summed E-state index contributed by atoms with van der Waals surface area (Å²) in [4.78, 5) is 47.4. The summed E-state index contributed by atoms with van der Waals surface area (Å²) in [5.41, 5.74) is 2.11. The number of hydrogen-bond acceptors (Lipinski definition) is 8. The summed E-state index contributed by atoms with van der Waals surface area (Å²) in [7, 11) is 1.69. The molecule has 12 rings (SSSR count). The fraction of sp³-hybridized carbons (Fsp3) is 0.388. The highest BCUT2D eigenvalue weighted by Gasteiger charge is 2.60. The molecule has 1 saturated carbocycles. The van der Waals surface area contributed by atoms with Gasteiger partial charge in [0.15, 0.2) is 17.8 Å². The summed E-state index contributed by atoms with van der Waals surface area (Å²) in [6.45, 7) is 10.0. The molecule has 1 N–H and O–H groups in total. The van der Waals surface area contributed by atoms with Crippen LogP contribution in [-0.2, 0) is 17.3 Å². The van der Waals surface area contributed by atoms with Gasteiger partial charge in [-0.25, -0.2) is 27.4 Å². The third kappa shape index (κ3) is 5.93. The van der Waals surface area contributed by atoms with E-state index in [0.717, 1.165) is 29.3 Å². The maximum atomic E-state index is 17.7. The van der Waals surface area contributed by atoms with Crippen LogP contribution in [0.25, 0.3) is 39.0 Å². The molecule has 3 aromatic carbocycles. The Bertz CT molecular complexity index is 3490. The summed E-state index contributed by atoms with van der Waals surface area (Å²) in [6.07, 6.45) is 5.36. The smallest absolute Gasteiger partial charge is 0.376 e. The zero-order chi connectivity index (χ0) is 46.6. The second-order valence-electron chi connectivity index (χ2n) is 19.6. The van der Waals surface area contributed by atoms with Crippen LogP contribution in [0.4, 0.5) is 13.2 Å². The number of H-pyrrole nitrogens is 1. The van der Waals surface area contributed by atoms with Crippen LogP contribution in [0.2, 0.25) is 0 Å². The molecule has 67 heavy (non-hydrogen) atoms. The number of imidazole rings is 1. The van der Waals surface area contributed by atoms with Gasteiger partial charge in [-0.05, 0) is 131 Å². The van der Waals surface area contributed by atoms with E-state index in [0.29, 0.717) is 53.8 Å². The molecular weight excluding hydrogens is 866 g/mol. The molecule has 344 valence electrons. The van der Waals surface area contributed by atoms with Crippen LogP contribution in [0.1, 0.15) is 115 Å². The number of aryl methyl sites for hydroxylation is 3. The number of halogens is 3. The van der Waals surface area contributed by atoms with Gasteiger partial charge >= 0.3 is 11.4 Å². The van der Waals surface area contributed by atoms with Crippen molar-refractivity contribution in [2.24, 2.45) is 13.0 Å². The fourth-order valence-corrected chi connectivity index (χ4v) is 11.7. The standard InChI is InChI=1S/C49H47F3N10O5/c1-24-17-30(18-25(2)39(24)50)62-43(59-15-14-58(47(59)65)35-11-9-33-31(40(35)51)23-53-57(33)6)38-34-10-12-36(41(52)42(38)55-62)60(34)44(63)37-20-29-19-27(28-13-16-66-48(4,5)22-28)7-8-32(29)61(37)49(21-26(49)3)45-54-46(64)67-56-45/h7-9,11,14-15,17-20,23,26,28,34,36,41H,10,12-13,16,21-22H2,1-6H3,(H,54,56,64)/t26-,28-,34+,36-,41+,49-/m0/s1. The average molecular weight is 913 g/mol. The Morgan fingerprint density at radius 2 is 1.67 bits per heavy atom. The average Bonchev–Trinajstić information content (AvgIpc) is 4.02. The van der Waals surface area contributed by atoms with Crippen molar-refractivity contribution in [1.29, 1.82) is 0 Å². The molecule has 3 fully saturated rings. The number of amides is 1. The highest BCUT2D eigenvalue weighted by Crippen LogP contribution is 2.57. The van der Waals surface area contributed by atoms with E-state index in [9.17, 15) is 9.59 Å². The lowest BCUT2D eigenvalue weighted by molar-refractivity contribution is -0.0592. The lowest BCUT2D eigenvalue weighted by Crippen LogP contribution is -2.45. The molecule has 8 heterocycles. The minimum absolute atomic E-state index is 0.0213. The van der Waals surface area contributed by atoms with E-state index in [1.165, 1.54) is 43.2 Å². The largest absolute Gasteiger partial charge is 0.438 e. The second-order valence-corrected chi connectivity index (χ2v) is 19.6. The van der Waals surface area contributed by atoms with Gasteiger partial charge in [-0.2, -0.15) is 10.2 Å². The minimum Gasteiger partial charge on any atom is -0.376 e. The Kier molecular flexibility index (Phi) is 8.84. The van der Waals surface area contributed by atoms with Crippen molar-refractivity contribution in [1.82, 2.24) is 48.3 Å². The predicted octanol–water partition coefficient (Wildman–Crippen LogP) is 8.05. The van der Waals surface area contributed by atoms with Crippen LogP contribution < -0.4 is 11.4 Å². The highest BCUT2D eigenvalue weighted by molar-refractivity contribution is 6.00. The van der Waals surface area contributed by atoms with Crippen molar-refractivity contribution >= 4 is 27.7 Å². The van der Waals surface area contributed by atoms with E-state index >= 15 is 18.0 Å². The van der Waals surface area contributed by atoms with Gasteiger partial charge in [0.1, 0.15) is 28.6 Å². The van der Waals surface area contributed by atoms with Crippen LogP contribution in [-0.4, -0.2) is 72.5 Å². The van der Waals surface area contributed by atoms with Crippen LogP contribution in [0.3, 0.4) is 0 Å². The van der Waals surface area contributed by atoms with Gasteiger partial charge in [0, 0.05) is 42.5 Å². The second kappa shape index (κ2) is 14.3. The molecule has 6 atom stereocenters. The number of nitrogens with one attached hydrogen (secondary N) is 1. The molecule has 8 aromatic rings. The van der Waals surface area contributed by atoms with Crippen molar-refractivity contribution in [2.75, 3.05) is 6.61 Å². The Labute approximate surface area is 380 Å². The summed E-state index contributed by atoms with van der Waals surface area (Å²) in [5, 5.41) is 14.2. The molecular formula is C49H47F3N10O5. The monoisotopic (exact) mass is 912 g/mol. The number of ether oxygens (including phenoxy) is 1. The van der Waals surface area contributed by atoms with Gasteiger partial charge in [-0.15, -0.1) is 0 Å². The number of hydrogen-bond donors (Lipinski definition) is 1. The topological polar surface area (TPSA) is 156 Å². The summed E-state index contributed by atoms with van der Waals surface area (Å²) < 4.78 is 67.5. The maximum absolute atomic E-state index is 17.7. The van der Waals surface area contributed by atoms with Crippen LogP contribution in [0.5, 0.6) is 0 Å². The molecule has 5 aromatic heterocycles. The number of alkyl halides is 1. The van der Waals surface area contributed by atoms with Gasteiger partial charge in [0.2, 0.25) is 0 Å². The third-order valence-electron chi connectivity index (χ3n) is 15.0. The van der Waals surface area contributed by atoms with Gasteiger partial charge in [-0.1, -0.05) is 18.1 Å². The third-order valence-corrected chi connectivity index (χ3v) is 15.0. The van der Waals surface area contributed by atoms with E-state index in [2.05, 4.69) is 41.2 Å². The first-order valence-electron chi connectivity index (χ1n) is 22.7. The number of rotatable bonds is 7. The molecule has 1 aliphatic carbocycles. The van der Waals surface area contributed by atoms with Gasteiger partial charge in [-0.3, -0.25) is 28.1 Å². The molecule has 0 unspecified atom stereocenters. The van der Waals surface area contributed by atoms with Crippen molar-refractivity contribution in [3.05, 3.63) is 139 Å². The number of fused-ring (bicyclic) bond motifs is 6. The SMILES string of the molecule is Cc1cc(-n2nc3c(c2-n2ccn(-c4ccc5c(cnn5C)c4F)c2=O)[C@H]2CC[C@@H]([C@H]3F)N2C(=O)c2cc3cc([C@H]4CCOC(C)(C)C4)ccc3n2[C@@]2(c3noc(=O)[nH]3)C[C@@H]2C)cc(C)c1F. The maximum Gasteiger partial charge on any atom is 0.438 e. The first kappa shape index (κ1) is 41.5. The van der Waals surface area contributed by atoms with E-state index < -0.39 is 52.8 Å². The molecule has 18 heteroatoms. The molecule has 15 nitrogen and oxygen atoms in total. The number of benzene rings is 3. The van der Waals surface area contributed by atoms with E-state index in [4.69, 9.17) is 14.4 Å². The first-order valence-corrected chi connectivity index (χ1v) is 22.7. The molecule has 1 amide bonds. The van der Waals surface area contributed by atoms with Crippen molar-refractivity contribution in [2.45, 2.75) is 102 Å². The fourth-order valence-electron chi connectivity index (χ4n) is 11.7. The van der Waals surface area contributed by atoms with Gasteiger partial charge in [0.25, 0.3) is 5.91 Å². The van der Waals surface area contributed by atoms with Crippen LogP contribution in [0, 0.1) is 31.4 Å². The quantitative estimate of drug-likeness (QED) is 0.168. The molecule has 0 radical (unpaired) electrons. The number of carbonyl (C=O) groups is 1. The Morgan fingerprint density at radius 3 is 2.39 bits per heavy atom. The molecule has 3 aliphatic heterocycles. The highest BCUT2D eigenvalue weighted by atomic mass is 19.1. The first-order chi connectivity index (χ1) is 32.1.